The molecule has 29 heavy (non-hydrogen) atoms. The van der Waals surface area contributed by atoms with Gasteiger partial charge in [0.05, 0.1) is 18.5 Å². The Morgan fingerprint density at radius 1 is 1.10 bits per heavy atom. The van der Waals surface area contributed by atoms with Gasteiger partial charge in [-0.15, -0.1) is 0 Å². The third kappa shape index (κ3) is 10.1. The van der Waals surface area contributed by atoms with Gasteiger partial charge in [0.2, 0.25) is 10.0 Å². The molecular weight excluding hydrogens is 390 g/mol. The van der Waals surface area contributed by atoms with Gasteiger partial charge in [-0.25, -0.2) is 8.42 Å². The molecule has 1 rings (SSSR count). The molecule has 1 aliphatic heterocycles. The molecule has 0 aromatic rings. The minimum absolute atomic E-state index is 0.0475. The molecule has 0 radical (unpaired) electrons. The Hall–Kier alpha value is -0.900. The van der Waals surface area contributed by atoms with Crippen LogP contribution in [0.25, 0.3) is 0 Å². The first-order valence-corrected chi connectivity index (χ1v) is 12.8. The lowest BCUT2D eigenvalue weighted by atomic mass is 10.3. The summed E-state index contributed by atoms with van der Waals surface area (Å²) in [6.45, 7) is 17.8. The first-order valence-electron chi connectivity index (χ1n) is 11.2. The van der Waals surface area contributed by atoms with Gasteiger partial charge in [-0.2, -0.15) is 4.31 Å². The Bertz CT molecular complexity index is 556. The molecule has 9 heteroatoms. The van der Waals surface area contributed by atoms with Crippen molar-refractivity contribution in [1.82, 2.24) is 19.4 Å². The monoisotopic (exact) mass is 433 g/mol. The predicted molar refractivity (Wildman–Crippen MR) is 121 cm³/mol. The molecule has 0 aromatic heterocycles. The maximum Gasteiger partial charge on any atom is 0.216 e. The summed E-state index contributed by atoms with van der Waals surface area (Å²) >= 11 is 0. The molecule has 1 saturated heterocycles. The van der Waals surface area contributed by atoms with Gasteiger partial charge in [-0.05, 0) is 53.2 Å². The summed E-state index contributed by atoms with van der Waals surface area (Å²) in [6.07, 6.45) is 2.26. The molecular formula is C20H43N5O3S. The zero-order valence-electron chi connectivity index (χ0n) is 19.2. The van der Waals surface area contributed by atoms with Crippen LogP contribution in [0.15, 0.2) is 4.99 Å². The fourth-order valence-corrected chi connectivity index (χ4v) is 4.58. The first kappa shape index (κ1) is 26.1. The Morgan fingerprint density at radius 2 is 1.76 bits per heavy atom. The van der Waals surface area contributed by atoms with Crippen molar-refractivity contribution in [2.24, 2.45) is 4.99 Å². The molecule has 0 amide bonds. The number of unbranched alkanes of at least 4 members (excludes halogenated alkanes) is 1. The number of hydrogen-bond donors (Lipinski definition) is 1. The van der Waals surface area contributed by atoms with Crippen molar-refractivity contribution in [2.45, 2.75) is 53.6 Å². The number of guanidine groups is 1. The van der Waals surface area contributed by atoms with E-state index in [1.807, 2.05) is 13.8 Å². The van der Waals surface area contributed by atoms with Crippen molar-refractivity contribution in [3.63, 3.8) is 0 Å². The molecule has 8 nitrogen and oxygen atoms in total. The van der Waals surface area contributed by atoms with Crippen LogP contribution in [0.2, 0.25) is 0 Å². The van der Waals surface area contributed by atoms with Crippen molar-refractivity contribution < 1.29 is 13.2 Å². The molecule has 0 atom stereocenters. The first-order chi connectivity index (χ1) is 13.8. The number of rotatable bonds is 13. The second-order valence-corrected chi connectivity index (χ2v) is 9.68. The Kier molecular flexibility index (Phi) is 12.8. The van der Waals surface area contributed by atoms with Crippen LogP contribution in [-0.4, -0.2) is 106 Å². The predicted octanol–water partition coefficient (Wildman–Crippen LogP) is 1.45. The lowest BCUT2D eigenvalue weighted by Gasteiger charge is -2.36. The molecule has 0 bridgehead atoms. The smallest absolute Gasteiger partial charge is 0.216 e. The quantitative estimate of drug-likeness (QED) is 0.269. The van der Waals surface area contributed by atoms with Crippen LogP contribution in [0.3, 0.4) is 0 Å². The number of ether oxygens (including phenoxy) is 1. The van der Waals surface area contributed by atoms with E-state index in [1.165, 1.54) is 0 Å². The molecule has 0 aromatic carbocycles. The fraction of sp³-hybridized carbons (Fsp3) is 0.950. The average Bonchev–Trinajstić information content (AvgIpc) is 2.69. The summed E-state index contributed by atoms with van der Waals surface area (Å²) in [5, 5.41) is 3.35. The minimum Gasteiger partial charge on any atom is -0.378 e. The largest absolute Gasteiger partial charge is 0.378 e. The number of sulfonamides is 1. The van der Waals surface area contributed by atoms with E-state index in [4.69, 9.17) is 9.73 Å². The van der Waals surface area contributed by atoms with Crippen LogP contribution < -0.4 is 5.32 Å². The van der Waals surface area contributed by atoms with E-state index in [2.05, 4.69) is 35.9 Å². The maximum atomic E-state index is 12.5. The Balaban J connectivity index is 2.47. The van der Waals surface area contributed by atoms with Crippen LogP contribution in [-0.2, 0) is 14.8 Å². The number of aliphatic imine (C=N–C) groups is 1. The highest BCUT2D eigenvalue weighted by molar-refractivity contribution is 7.89. The molecule has 1 heterocycles. The topological polar surface area (TPSA) is 77.5 Å². The van der Waals surface area contributed by atoms with Gasteiger partial charge in [-0.3, -0.25) is 4.99 Å². The molecule has 1 aliphatic rings. The van der Waals surface area contributed by atoms with Crippen molar-refractivity contribution in [3.8, 4) is 0 Å². The third-order valence-corrected chi connectivity index (χ3v) is 6.93. The van der Waals surface area contributed by atoms with E-state index in [9.17, 15) is 8.42 Å². The van der Waals surface area contributed by atoms with Crippen LogP contribution in [0.4, 0.5) is 0 Å². The van der Waals surface area contributed by atoms with E-state index < -0.39 is 10.0 Å². The van der Waals surface area contributed by atoms with Crippen molar-refractivity contribution in [1.29, 1.82) is 0 Å². The van der Waals surface area contributed by atoms with Gasteiger partial charge in [0.25, 0.3) is 0 Å². The zero-order valence-corrected chi connectivity index (χ0v) is 20.0. The highest BCUT2D eigenvalue weighted by Crippen LogP contribution is 2.09. The zero-order chi connectivity index (χ0) is 21.7. The van der Waals surface area contributed by atoms with Gasteiger partial charge >= 0.3 is 0 Å². The summed E-state index contributed by atoms with van der Waals surface area (Å²) in [5.41, 5.74) is 0. The number of piperazine rings is 1. The van der Waals surface area contributed by atoms with Gasteiger partial charge in [0, 0.05) is 39.3 Å². The number of hydrogen-bond acceptors (Lipinski definition) is 5. The lowest BCUT2D eigenvalue weighted by Crippen LogP contribution is -2.54. The average molecular weight is 434 g/mol. The van der Waals surface area contributed by atoms with Crippen LogP contribution in [0.1, 0.15) is 47.5 Å². The maximum absolute atomic E-state index is 12.5. The Morgan fingerprint density at radius 3 is 2.31 bits per heavy atom. The van der Waals surface area contributed by atoms with E-state index in [0.717, 1.165) is 51.5 Å². The lowest BCUT2D eigenvalue weighted by molar-refractivity contribution is 0.0904. The summed E-state index contributed by atoms with van der Waals surface area (Å²) < 4.78 is 32.0. The Labute approximate surface area is 178 Å². The minimum atomic E-state index is -3.26. The van der Waals surface area contributed by atoms with E-state index in [1.54, 1.807) is 4.31 Å². The van der Waals surface area contributed by atoms with E-state index in [0.29, 0.717) is 26.2 Å². The van der Waals surface area contributed by atoms with E-state index in [-0.39, 0.29) is 18.5 Å². The SMILES string of the molecule is CCNC(=NCCCCN(CC)CC)N1CCN(S(=O)(=O)CCOC(C)C)CC1. The van der Waals surface area contributed by atoms with Crippen molar-refractivity contribution >= 4 is 16.0 Å². The molecule has 0 aliphatic carbocycles. The standard InChI is InChI=1S/C20H43N5O3S/c1-6-21-20(22-11-9-10-12-23(7-2)8-3)24-13-15-25(16-14-24)29(26,27)18-17-28-19(4)5/h19H,6-18H2,1-5H3,(H,21,22). The van der Waals surface area contributed by atoms with Crippen LogP contribution in [0.5, 0.6) is 0 Å². The van der Waals surface area contributed by atoms with Crippen molar-refractivity contribution in [3.05, 3.63) is 0 Å². The van der Waals surface area contributed by atoms with Gasteiger partial charge in [0.1, 0.15) is 0 Å². The molecule has 0 unspecified atom stereocenters. The molecule has 1 fully saturated rings. The third-order valence-electron chi connectivity index (χ3n) is 5.10. The highest BCUT2D eigenvalue weighted by Gasteiger charge is 2.27. The van der Waals surface area contributed by atoms with Crippen LogP contribution >= 0.6 is 0 Å². The summed E-state index contributed by atoms with van der Waals surface area (Å²) in [4.78, 5) is 9.37. The molecule has 0 spiro atoms. The van der Waals surface area contributed by atoms with E-state index >= 15 is 0 Å². The number of nitrogens with one attached hydrogen (secondary N) is 1. The van der Waals surface area contributed by atoms with Crippen molar-refractivity contribution in [2.75, 3.05) is 71.3 Å². The highest BCUT2D eigenvalue weighted by atomic mass is 32.2. The second-order valence-electron chi connectivity index (χ2n) is 7.59. The van der Waals surface area contributed by atoms with Gasteiger partial charge in [-0.1, -0.05) is 13.8 Å². The fourth-order valence-electron chi connectivity index (χ4n) is 3.29. The summed E-state index contributed by atoms with van der Waals surface area (Å²) in [5.74, 6) is 0.946. The molecule has 0 saturated carbocycles. The van der Waals surface area contributed by atoms with Gasteiger partial charge in [0.15, 0.2) is 5.96 Å². The normalized spacial score (nSPS) is 16.8. The van der Waals surface area contributed by atoms with Crippen LogP contribution in [0, 0.1) is 0 Å². The molecule has 1 N–H and O–H groups in total. The number of nitrogens with zero attached hydrogens (tertiary/aromatic N) is 4. The van der Waals surface area contributed by atoms with Gasteiger partial charge < -0.3 is 19.9 Å². The second kappa shape index (κ2) is 14.2. The summed E-state index contributed by atoms with van der Waals surface area (Å²) in [6, 6.07) is 0. The summed E-state index contributed by atoms with van der Waals surface area (Å²) in [7, 11) is -3.26. The molecule has 172 valence electrons.